The third kappa shape index (κ3) is 2.62. The van der Waals surface area contributed by atoms with Crippen molar-refractivity contribution in [3.8, 4) is 22.6 Å². The quantitative estimate of drug-likeness (QED) is 0.796. The van der Waals surface area contributed by atoms with Crippen molar-refractivity contribution in [3.05, 3.63) is 66.6 Å². The van der Waals surface area contributed by atoms with E-state index in [0.29, 0.717) is 11.4 Å². The molecular weight excluding hydrogens is 266 g/mol. The predicted octanol–water partition coefficient (Wildman–Crippen LogP) is 2.90. The van der Waals surface area contributed by atoms with Gasteiger partial charge >= 0.3 is 5.97 Å². The van der Waals surface area contributed by atoms with Gasteiger partial charge in [-0.2, -0.15) is 0 Å². The van der Waals surface area contributed by atoms with Gasteiger partial charge in [-0.05, 0) is 12.1 Å². The van der Waals surface area contributed by atoms with E-state index in [9.17, 15) is 9.90 Å². The predicted molar refractivity (Wildman–Crippen MR) is 77.7 cm³/mol. The second-order valence-electron chi connectivity index (χ2n) is 4.34. The molecule has 0 amide bonds. The number of pyridine rings is 1. The summed E-state index contributed by atoms with van der Waals surface area (Å²) in [6.45, 7) is 0. The van der Waals surface area contributed by atoms with E-state index in [1.165, 1.54) is 6.20 Å². The lowest BCUT2D eigenvalue weighted by Crippen LogP contribution is -2.06. The van der Waals surface area contributed by atoms with Gasteiger partial charge < -0.3 is 5.11 Å². The van der Waals surface area contributed by atoms with Gasteiger partial charge in [-0.3, -0.25) is 4.98 Å². The van der Waals surface area contributed by atoms with Crippen molar-refractivity contribution in [3.63, 3.8) is 0 Å². The molecule has 0 radical (unpaired) electrons. The molecule has 0 saturated heterocycles. The molecule has 0 aliphatic carbocycles. The number of aromatic carboxylic acids is 1. The summed E-state index contributed by atoms with van der Waals surface area (Å²) in [7, 11) is 0. The van der Waals surface area contributed by atoms with Crippen LogP contribution in [0.1, 0.15) is 10.5 Å². The molecule has 0 fully saturated rings. The number of rotatable bonds is 3. The summed E-state index contributed by atoms with van der Waals surface area (Å²) < 4.78 is 0. The molecule has 0 aliphatic heterocycles. The van der Waals surface area contributed by atoms with Gasteiger partial charge in [-0.25, -0.2) is 14.8 Å². The molecule has 3 aromatic rings. The first kappa shape index (κ1) is 12.9. The molecule has 3 rings (SSSR count). The first-order chi connectivity index (χ1) is 10.3. The maximum absolute atomic E-state index is 11.3. The number of carboxylic acid groups (broad SMARTS) is 1. The normalized spacial score (nSPS) is 10.3. The van der Waals surface area contributed by atoms with Gasteiger partial charge in [0.25, 0.3) is 0 Å². The van der Waals surface area contributed by atoms with E-state index in [1.54, 1.807) is 24.4 Å². The number of benzene rings is 1. The summed E-state index contributed by atoms with van der Waals surface area (Å²) >= 11 is 0. The Morgan fingerprint density at radius 3 is 2.33 bits per heavy atom. The molecule has 1 N–H and O–H groups in total. The molecule has 102 valence electrons. The molecule has 0 aliphatic rings. The number of carboxylic acids is 1. The van der Waals surface area contributed by atoms with E-state index in [-0.39, 0.29) is 11.4 Å². The minimum atomic E-state index is -1.12. The molecule has 5 nitrogen and oxygen atoms in total. The van der Waals surface area contributed by atoms with Crippen molar-refractivity contribution in [2.45, 2.75) is 0 Å². The van der Waals surface area contributed by atoms with E-state index in [2.05, 4.69) is 15.0 Å². The van der Waals surface area contributed by atoms with Crippen molar-refractivity contribution < 1.29 is 9.90 Å². The SMILES string of the molecule is O=C(O)c1ncc(-c2ccccc2)nc1-c1ccccn1. The summed E-state index contributed by atoms with van der Waals surface area (Å²) in [6, 6.07) is 14.7. The number of carbonyl (C=O) groups is 1. The van der Waals surface area contributed by atoms with Crippen molar-refractivity contribution in [1.29, 1.82) is 0 Å². The van der Waals surface area contributed by atoms with Crippen molar-refractivity contribution in [2.75, 3.05) is 0 Å². The molecule has 21 heavy (non-hydrogen) atoms. The fraction of sp³-hybridized carbons (Fsp3) is 0. The smallest absolute Gasteiger partial charge is 0.356 e. The van der Waals surface area contributed by atoms with Crippen LogP contribution in [-0.2, 0) is 0 Å². The Bertz CT molecular complexity index is 774. The largest absolute Gasteiger partial charge is 0.476 e. The van der Waals surface area contributed by atoms with Gasteiger partial charge in [-0.15, -0.1) is 0 Å². The fourth-order valence-corrected chi connectivity index (χ4v) is 1.98. The molecule has 5 heteroatoms. The van der Waals surface area contributed by atoms with Crippen LogP contribution in [0.25, 0.3) is 22.6 Å². The highest BCUT2D eigenvalue weighted by Crippen LogP contribution is 2.23. The zero-order valence-electron chi connectivity index (χ0n) is 11.0. The van der Waals surface area contributed by atoms with E-state index in [4.69, 9.17) is 0 Å². The summed E-state index contributed by atoms with van der Waals surface area (Å²) in [4.78, 5) is 23.9. The van der Waals surface area contributed by atoms with Crippen LogP contribution in [0.5, 0.6) is 0 Å². The van der Waals surface area contributed by atoms with E-state index in [0.717, 1.165) is 5.56 Å². The Morgan fingerprint density at radius 2 is 1.67 bits per heavy atom. The average molecular weight is 277 g/mol. The van der Waals surface area contributed by atoms with Gasteiger partial charge in [0.1, 0.15) is 5.69 Å². The second kappa shape index (κ2) is 5.50. The first-order valence-electron chi connectivity index (χ1n) is 6.33. The van der Waals surface area contributed by atoms with Crippen molar-refractivity contribution in [2.24, 2.45) is 0 Å². The van der Waals surface area contributed by atoms with Gasteiger partial charge in [0, 0.05) is 11.8 Å². The Hall–Kier alpha value is -3.08. The topological polar surface area (TPSA) is 76.0 Å². The van der Waals surface area contributed by atoms with Crippen LogP contribution in [-0.4, -0.2) is 26.0 Å². The van der Waals surface area contributed by atoms with Gasteiger partial charge in [0.05, 0.1) is 17.6 Å². The first-order valence-corrected chi connectivity index (χ1v) is 6.33. The highest BCUT2D eigenvalue weighted by molar-refractivity contribution is 5.92. The summed E-state index contributed by atoms with van der Waals surface area (Å²) in [5, 5.41) is 9.26. The molecule has 2 heterocycles. The zero-order chi connectivity index (χ0) is 14.7. The molecule has 0 spiro atoms. The van der Waals surface area contributed by atoms with Crippen LogP contribution in [0, 0.1) is 0 Å². The van der Waals surface area contributed by atoms with Crippen LogP contribution in [0.3, 0.4) is 0 Å². The highest BCUT2D eigenvalue weighted by Gasteiger charge is 2.17. The van der Waals surface area contributed by atoms with Crippen LogP contribution in [0.4, 0.5) is 0 Å². The van der Waals surface area contributed by atoms with Crippen molar-refractivity contribution >= 4 is 5.97 Å². The molecule has 0 atom stereocenters. The van der Waals surface area contributed by atoms with Crippen LogP contribution < -0.4 is 0 Å². The standard InChI is InChI=1S/C16H11N3O2/c20-16(21)15-14(12-8-4-5-9-17-12)19-13(10-18-15)11-6-2-1-3-7-11/h1-10H,(H,20,21). The lowest BCUT2D eigenvalue weighted by molar-refractivity contribution is 0.0691. The molecule has 0 bridgehead atoms. The zero-order valence-corrected chi connectivity index (χ0v) is 11.0. The number of nitrogens with zero attached hydrogens (tertiary/aromatic N) is 3. The Labute approximate surface area is 121 Å². The lowest BCUT2D eigenvalue weighted by atomic mass is 10.1. The number of hydrogen-bond acceptors (Lipinski definition) is 4. The Kier molecular flexibility index (Phi) is 3.39. The van der Waals surface area contributed by atoms with Crippen molar-refractivity contribution in [1.82, 2.24) is 15.0 Å². The van der Waals surface area contributed by atoms with E-state index in [1.807, 2.05) is 30.3 Å². The molecule has 0 unspecified atom stereocenters. The highest BCUT2D eigenvalue weighted by atomic mass is 16.4. The third-order valence-corrected chi connectivity index (χ3v) is 2.95. The van der Waals surface area contributed by atoms with Gasteiger partial charge in [0.2, 0.25) is 0 Å². The summed E-state index contributed by atoms with van der Waals surface area (Å²) in [5.74, 6) is -1.12. The summed E-state index contributed by atoms with van der Waals surface area (Å²) in [5.41, 5.74) is 2.14. The summed E-state index contributed by atoms with van der Waals surface area (Å²) in [6.07, 6.45) is 3.06. The number of aromatic nitrogens is 3. The van der Waals surface area contributed by atoms with Crippen LogP contribution in [0.2, 0.25) is 0 Å². The minimum Gasteiger partial charge on any atom is -0.476 e. The monoisotopic (exact) mass is 277 g/mol. The maximum atomic E-state index is 11.3. The average Bonchev–Trinajstić information content (AvgIpc) is 2.56. The molecule has 0 saturated carbocycles. The lowest BCUT2D eigenvalue weighted by Gasteiger charge is -2.07. The molecule has 2 aromatic heterocycles. The van der Waals surface area contributed by atoms with Crippen LogP contribution in [0.15, 0.2) is 60.9 Å². The van der Waals surface area contributed by atoms with Gasteiger partial charge in [-0.1, -0.05) is 36.4 Å². The number of hydrogen-bond donors (Lipinski definition) is 1. The minimum absolute atomic E-state index is 0.103. The molecule has 1 aromatic carbocycles. The Morgan fingerprint density at radius 1 is 0.905 bits per heavy atom. The van der Waals surface area contributed by atoms with Crippen LogP contribution >= 0.6 is 0 Å². The molecular formula is C16H11N3O2. The fourth-order valence-electron chi connectivity index (χ4n) is 1.98. The Balaban J connectivity index is 2.18. The van der Waals surface area contributed by atoms with E-state index >= 15 is 0 Å². The maximum Gasteiger partial charge on any atom is 0.356 e. The second-order valence-corrected chi connectivity index (χ2v) is 4.34. The van der Waals surface area contributed by atoms with Gasteiger partial charge in [0.15, 0.2) is 5.69 Å². The third-order valence-electron chi connectivity index (χ3n) is 2.95. The van der Waals surface area contributed by atoms with E-state index < -0.39 is 5.97 Å².